The van der Waals surface area contributed by atoms with E-state index in [2.05, 4.69) is 10.3 Å². The van der Waals surface area contributed by atoms with Crippen molar-refractivity contribution in [2.75, 3.05) is 18.5 Å². The van der Waals surface area contributed by atoms with Gasteiger partial charge in [-0.05, 0) is 12.1 Å². The number of nitrogens with one attached hydrogen (secondary N) is 1. The first-order chi connectivity index (χ1) is 7.44. The van der Waals surface area contributed by atoms with Crippen LogP contribution in [0.1, 0.15) is 24.3 Å². The molecule has 4 N–H and O–H groups in total. The summed E-state index contributed by atoms with van der Waals surface area (Å²) in [4.78, 5) is 14.7. The number of aromatic nitrogens is 1. The topological polar surface area (TPSA) is 88.2 Å². The van der Waals surface area contributed by atoms with Gasteiger partial charge in [-0.25, -0.2) is 0 Å². The van der Waals surface area contributed by atoms with Gasteiger partial charge in [0.2, 0.25) is 0 Å². The highest BCUT2D eigenvalue weighted by Gasteiger charge is 2.16. The third-order valence-corrected chi connectivity index (χ3v) is 2.21. The van der Waals surface area contributed by atoms with E-state index in [1.165, 1.54) is 6.20 Å². The zero-order valence-corrected chi connectivity index (χ0v) is 9.53. The van der Waals surface area contributed by atoms with Crippen LogP contribution in [0.15, 0.2) is 18.3 Å². The second-order valence-corrected chi connectivity index (χ2v) is 4.47. The minimum Gasteiger partial charge on any atom is -0.396 e. The summed E-state index contributed by atoms with van der Waals surface area (Å²) in [5, 5.41) is 12.2. The van der Waals surface area contributed by atoms with E-state index in [1.807, 2.05) is 13.8 Å². The first kappa shape index (κ1) is 12.4. The van der Waals surface area contributed by atoms with Gasteiger partial charge in [-0.3, -0.25) is 9.78 Å². The zero-order chi connectivity index (χ0) is 12.2. The van der Waals surface area contributed by atoms with Gasteiger partial charge in [-0.1, -0.05) is 13.8 Å². The Balaban J connectivity index is 2.68. The Kier molecular flexibility index (Phi) is 3.84. The van der Waals surface area contributed by atoms with Crippen molar-refractivity contribution in [3.63, 3.8) is 0 Å². The van der Waals surface area contributed by atoms with Gasteiger partial charge < -0.3 is 16.2 Å². The van der Waals surface area contributed by atoms with Gasteiger partial charge in [0.25, 0.3) is 5.91 Å². The number of hydrogen-bond acceptors (Lipinski definition) is 4. The summed E-state index contributed by atoms with van der Waals surface area (Å²) in [6.07, 6.45) is 1.52. The highest BCUT2D eigenvalue weighted by atomic mass is 16.3. The van der Waals surface area contributed by atoms with Crippen LogP contribution in [0.2, 0.25) is 0 Å². The molecule has 1 aromatic heterocycles. The van der Waals surface area contributed by atoms with Crippen molar-refractivity contribution < 1.29 is 9.90 Å². The molecule has 1 amide bonds. The number of aliphatic hydroxyl groups excluding tert-OH is 1. The van der Waals surface area contributed by atoms with Crippen molar-refractivity contribution >= 4 is 11.6 Å². The molecule has 0 aromatic carbocycles. The Morgan fingerprint density at radius 2 is 2.31 bits per heavy atom. The molecule has 0 aliphatic heterocycles. The number of nitrogens with zero attached hydrogens (tertiary/aromatic N) is 1. The molecule has 0 saturated heterocycles. The summed E-state index contributed by atoms with van der Waals surface area (Å²) < 4.78 is 0. The van der Waals surface area contributed by atoms with Gasteiger partial charge >= 0.3 is 0 Å². The summed E-state index contributed by atoms with van der Waals surface area (Å²) in [7, 11) is 0. The number of pyridine rings is 1. The van der Waals surface area contributed by atoms with E-state index in [4.69, 9.17) is 10.8 Å². The fourth-order valence-corrected chi connectivity index (χ4v) is 1.07. The maximum absolute atomic E-state index is 10.9. The average Bonchev–Trinajstić information content (AvgIpc) is 2.27. The SMILES string of the molecule is CC(C)(CO)CNc1ccnc(C(N)=O)c1. The van der Waals surface area contributed by atoms with Crippen LogP contribution in [-0.4, -0.2) is 29.1 Å². The summed E-state index contributed by atoms with van der Waals surface area (Å²) in [5.74, 6) is -0.551. The average molecular weight is 223 g/mol. The first-order valence-electron chi connectivity index (χ1n) is 5.05. The molecular weight excluding hydrogens is 206 g/mol. The van der Waals surface area contributed by atoms with Crippen LogP contribution in [0.5, 0.6) is 0 Å². The van der Waals surface area contributed by atoms with Gasteiger partial charge in [0.05, 0.1) is 0 Å². The molecule has 0 aliphatic carbocycles. The van der Waals surface area contributed by atoms with Crippen LogP contribution in [0.25, 0.3) is 0 Å². The summed E-state index contributed by atoms with van der Waals surface area (Å²) in [5.41, 5.74) is 5.91. The van der Waals surface area contributed by atoms with Gasteiger partial charge in [0.15, 0.2) is 0 Å². The summed E-state index contributed by atoms with van der Waals surface area (Å²) in [6, 6.07) is 3.34. The standard InChI is InChI=1S/C11H17N3O2/c1-11(2,7-15)6-14-8-3-4-13-9(5-8)10(12)16/h3-5,15H,6-7H2,1-2H3,(H2,12,16)(H,13,14). The van der Waals surface area contributed by atoms with Gasteiger partial charge in [-0.15, -0.1) is 0 Å². The molecular formula is C11H17N3O2. The predicted octanol–water partition coefficient (Wildman–Crippen LogP) is 0.611. The number of hydrogen-bond donors (Lipinski definition) is 3. The van der Waals surface area contributed by atoms with E-state index in [-0.39, 0.29) is 17.7 Å². The molecule has 0 aliphatic rings. The Morgan fingerprint density at radius 1 is 1.62 bits per heavy atom. The smallest absolute Gasteiger partial charge is 0.267 e. The Morgan fingerprint density at radius 3 is 2.88 bits per heavy atom. The zero-order valence-electron chi connectivity index (χ0n) is 9.53. The number of primary amides is 1. The lowest BCUT2D eigenvalue weighted by atomic mass is 9.95. The Hall–Kier alpha value is -1.62. The van der Waals surface area contributed by atoms with Gasteiger partial charge in [0.1, 0.15) is 5.69 Å². The molecule has 0 bridgehead atoms. The fourth-order valence-electron chi connectivity index (χ4n) is 1.07. The van der Waals surface area contributed by atoms with E-state index >= 15 is 0 Å². The Bertz CT molecular complexity index is 377. The van der Waals surface area contributed by atoms with E-state index in [0.717, 1.165) is 5.69 Å². The number of rotatable bonds is 5. The van der Waals surface area contributed by atoms with Crippen molar-refractivity contribution in [1.82, 2.24) is 4.98 Å². The van der Waals surface area contributed by atoms with E-state index in [0.29, 0.717) is 6.54 Å². The molecule has 0 saturated carbocycles. The molecule has 1 aromatic rings. The quantitative estimate of drug-likeness (QED) is 0.682. The molecule has 5 nitrogen and oxygen atoms in total. The maximum Gasteiger partial charge on any atom is 0.267 e. The molecule has 16 heavy (non-hydrogen) atoms. The molecule has 88 valence electrons. The predicted molar refractivity (Wildman–Crippen MR) is 62.1 cm³/mol. The number of carbonyl (C=O) groups is 1. The van der Waals surface area contributed by atoms with Crippen molar-refractivity contribution in [2.45, 2.75) is 13.8 Å². The van der Waals surface area contributed by atoms with Gasteiger partial charge in [0, 0.05) is 30.5 Å². The van der Waals surface area contributed by atoms with E-state index < -0.39 is 5.91 Å². The Labute approximate surface area is 94.7 Å². The lowest BCUT2D eigenvalue weighted by Gasteiger charge is -2.22. The van der Waals surface area contributed by atoms with Crippen LogP contribution in [0.4, 0.5) is 5.69 Å². The lowest BCUT2D eigenvalue weighted by molar-refractivity contribution is 0.0995. The minimum absolute atomic E-state index is 0.0910. The molecule has 0 spiro atoms. The monoisotopic (exact) mass is 223 g/mol. The fraction of sp³-hybridized carbons (Fsp3) is 0.455. The summed E-state index contributed by atoms with van der Waals surface area (Å²) in [6.45, 7) is 4.58. The third kappa shape index (κ3) is 3.51. The molecule has 1 heterocycles. The molecule has 5 heteroatoms. The molecule has 0 unspecified atom stereocenters. The van der Waals surface area contributed by atoms with Crippen molar-refractivity contribution in [1.29, 1.82) is 0 Å². The second kappa shape index (κ2) is 4.94. The van der Waals surface area contributed by atoms with E-state index in [1.54, 1.807) is 12.1 Å². The number of aliphatic hydroxyl groups is 1. The number of carbonyl (C=O) groups excluding carboxylic acids is 1. The third-order valence-electron chi connectivity index (χ3n) is 2.21. The number of anilines is 1. The highest BCUT2D eigenvalue weighted by molar-refractivity contribution is 5.91. The molecule has 0 atom stereocenters. The normalized spacial score (nSPS) is 11.2. The van der Waals surface area contributed by atoms with Crippen LogP contribution in [-0.2, 0) is 0 Å². The van der Waals surface area contributed by atoms with Crippen LogP contribution >= 0.6 is 0 Å². The number of nitrogens with two attached hydrogens (primary N) is 1. The second-order valence-electron chi connectivity index (χ2n) is 4.47. The largest absolute Gasteiger partial charge is 0.396 e. The van der Waals surface area contributed by atoms with Crippen LogP contribution < -0.4 is 11.1 Å². The highest BCUT2D eigenvalue weighted by Crippen LogP contribution is 2.15. The lowest BCUT2D eigenvalue weighted by Crippen LogP contribution is -2.27. The maximum atomic E-state index is 10.9. The van der Waals surface area contributed by atoms with Crippen LogP contribution in [0.3, 0.4) is 0 Å². The minimum atomic E-state index is -0.551. The summed E-state index contributed by atoms with van der Waals surface area (Å²) >= 11 is 0. The molecule has 1 rings (SSSR count). The first-order valence-corrected chi connectivity index (χ1v) is 5.05. The van der Waals surface area contributed by atoms with Crippen molar-refractivity contribution in [2.24, 2.45) is 11.1 Å². The number of amides is 1. The van der Waals surface area contributed by atoms with Crippen molar-refractivity contribution in [3.05, 3.63) is 24.0 Å². The van der Waals surface area contributed by atoms with Crippen LogP contribution in [0, 0.1) is 5.41 Å². The van der Waals surface area contributed by atoms with Gasteiger partial charge in [-0.2, -0.15) is 0 Å². The van der Waals surface area contributed by atoms with Crippen molar-refractivity contribution in [3.8, 4) is 0 Å². The molecule has 0 fully saturated rings. The molecule has 0 radical (unpaired) electrons. The van der Waals surface area contributed by atoms with E-state index in [9.17, 15) is 4.79 Å².